The number of oxime groups is 1. The molecule has 184 valence electrons. The number of alkyl halides is 2. The number of aryl methyl sites for hydroxylation is 1. The van der Waals surface area contributed by atoms with Gasteiger partial charge in [0, 0.05) is 10.5 Å². The minimum absolute atomic E-state index is 0.00437. The van der Waals surface area contributed by atoms with E-state index in [4.69, 9.17) is 9.96 Å². The molecule has 8 nitrogen and oxygen atoms in total. The summed E-state index contributed by atoms with van der Waals surface area (Å²) in [7, 11) is -6.49. The minimum Gasteiger partial charge on any atom is -0.413 e. The highest BCUT2D eigenvalue weighted by Crippen LogP contribution is 2.37. The standard InChI is InChI=1S/C22H28F2N4O4SSi/c1-16-7-13-19(14-8-16)33(29,30)32-26-20(22(23,24)27-28-25)18-11-9-17(10-12-18)15-31-34(5,6)21(2,3)4/h7-14H,15H2,1-6H3/b26-20+. The molecule has 0 saturated carbocycles. The first-order chi connectivity index (χ1) is 15.6. The number of azide groups is 1. The fourth-order valence-electron chi connectivity index (χ4n) is 2.46. The lowest BCUT2D eigenvalue weighted by molar-refractivity contribution is 0.0838. The zero-order chi connectivity index (χ0) is 25.8. The Balaban J connectivity index is 2.34. The fraction of sp³-hybridized carbons (Fsp3) is 0.409. The number of hydrogen-bond acceptors (Lipinski definition) is 6. The number of hydrogen-bond donors (Lipinski definition) is 0. The van der Waals surface area contributed by atoms with Gasteiger partial charge in [0.05, 0.1) is 6.61 Å². The molecular formula is C22H28F2N4O4SSi. The molecule has 0 aliphatic carbocycles. The lowest BCUT2D eigenvalue weighted by Crippen LogP contribution is -2.40. The Morgan fingerprint density at radius 2 is 1.62 bits per heavy atom. The van der Waals surface area contributed by atoms with Crippen LogP contribution in [0.25, 0.3) is 10.4 Å². The predicted octanol–water partition coefficient (Wildman–Crippen LogP) is 6.53. The van der Waals surface area contributed by atoms with E-state index < -0.39 is 30.2 Å². The highest BCUT2D eigenvalue weighted by molar-refractivity contribution is 7.86. The lowest BCUT2D eigenvalue weighted by atomic mass is 10.1. The molecule has 0 aliphatic heterocycles. The third-order valence-electron chi connectivity index (χ3n) is 5.62. The van der Waals surface area contributed by atoms with Gasteiger partial charge >= 0.3 is 16.2 Å². The third-order valence-corrected chi connectivity index (χ3v) is 11.2. The van der Waals surface area contributed by atoms with Crippen molar-refractivity contribution in [2.45, 2.75) is 63.4 Å². The molecule has 0 bridgehead atoms. The molecule has 0 amide bonds. The first-order valence-corrected chi connectivity index (χ1v) is 14.7. The van der Waals surface area contributed by atoms with E-state index in [0.717, 1.165) is 11.1 Å². The topological polar surface area (TPSA) is 114 Å². The molecule has 0 spiro atoms. The molecule has 0 aliphatic rings. The normalized spacial score (nSPS) is 13.4. The average Bonchev–Trinajstić information content (AvgIpc) is 2.72. The molecule has 0 N–H and O–H groups in total. The molecule has 2 aromatic rings. The van der Waals surface area contributed by atoms with E-state index in [2.05, 4.69) is 53.3 Å². The molecule has 0 aromatic heterocycles. The summed E-state index contributed by atoms with van der Waals surface area (Å²) in [4.78, 5) is 1.88. The van der Waals surface area contributed by atoms with Crippen LogP contribution in [-0.4, -0.2) is 28.5 Å². The molecule has 0 fully saturated rings. The van der Waals surface area contributed by atoms with Crippen LogP contribution >= 0.6 is 0 Å². The molecule has 0 unspecified atom stereocenters. The van der Waals surface area contributed by atoms with Crippen LogP contribution in [0.15, 0.2) is 63.7 Å². The van der Waals surface area contributed by atoms with Crippen molar-refractivity contribution in [2.24, 2.45) is 10.3 Å². The minimum atomic E-state index is -4.47. The Labute approximate surface area is 199 Å². The van der Waals surface area contributed by atoms with Crippen molar-refractivity contribution < 1.29 is 25.9 Å². The van der Waals surface area contributed by atoms with Gasteiger partial charge in [-0.1, -0.05) is 67.9 Å². The summed E-state index contributed by atoms with van der Waals surface area (Å²) < 4.78 is 64.4. The summed E-state index contributed by atoms with van der Waals surface area (Å²) in [6, 6.07) is 7.16. The van der Waals surface area contributed by atoms with Gasteiger partial charge in [0.25, 0.3) is 0 Å². The van der Waals surface area contributed by atoms with Gasteiger partial charge in [-0.3, -0.25) is 4.28 Å². The predicted molar refractivity (Wildman–Crippen MR) is 129 cm³/mol. The van der Waals surface area contributed by atoms with Crippen LogP contribution in [0.3, 0.4) is 0 Å². The second-order valence-electron chi connectivity index (χ2n) is 9.26. The summed E-state index contributed by atoms with van der Waals surface area (Å²) in [5, 5.41) is 5.65. The quantitative estimate of drug-likeness (QED) is 0.0725. The van der Waals surface area contributed by atoms with Crippen molar-refractivity contribution in [1.82, 2.24) is 0 Å². The Kier molecular flexibility index (Phi) is 8.25. The largest absolute Gasteiger partial charge is 0.413 e. The van der Waals surface area contributed by atoms with Gasteiger partial charge in [0.15, 0.2) is 14.0 Å². The summed E-state index contributed by atoms with van der Waals surface area (Å²) in [5.74, 6) is 0. The van der Waals surface area contributed by atoms with Gasteiger partial charge in [-0.15, -0.1) is 0 Å². The van der Waals surface area contributed by atoms with Crippen molar-refractivity contribution >= 4 is 24.1 Å². The highest BCUT2D eigenvalue weighted by Gasteiger charge is 2.38. The van der Waals surface area contributed by atoms with Crippen molar-refractivity contribution in [3.8, 4) is 0 Å². The summed E-state index contributed by atoms with van der Waals surface area (Å²) in [6.07, 6.45) is 0. The van der Waals surface area contributed by atoms with Crippen LogP contribution in [-0.2, 0) is 25.4 Å². The zero-order valence-electron chi connectivity index (χ0n) is 19.9. The van der Waals surface area contributed by atoms with Crippen LogP contribution in [0, 0.1) is 6.92 Å². The third kappa shape index (κ3) is 6.86. The molecule has 2 rings (SSSR count). The summed E-state index contributed by atoms with van der Waals surface area (Å²) >= 11 is 0. The number of halogens is 2. The van der Waals surface area contributed by atoms with E-state index in [1.165, 1.54) is 36.4 Å². The monoisotopic (exact) mass is 510 g/mol. The van der Waals surface area contributed by atoms with Gasteiger partial charge in [-0.2, -0.15) is 17.2 Å². The Bertz CT molecular complexity index is 1190. The van der Waals surface area contributed by atoms with Gasteiger partial charge in [0.1, 0.15) is 4.90 Å². The van der Waals surface area contributed by atoms with Crippen LogP contribution in [0.5, 0.6) is 0 Å². The van der Waals surface area contributed by atoms with Crippen molar-refractivity contribution in [3.05, 3.63) is 75.7 Å². The van der Waals surface area contributed by atoms with Crippen LogP contribution in [0.2, 0.25) is 18.1 Å². The van der Waals surface area contributed by atoms with E-state index in [9.17, 15) is 17.2 Å². The first-order valence-electron chi connectivity index (χ1n) is 10.4. The van der Waals surface area contributed by atoms with Gasteiger partial charge in [0.2, 0.25) is 0 Å². The van der Waals surface area contributed by atoms with E-state index in [-0.39, 0.29) is 22.1 Å². The zero-order valence-corrected chi connectivity index (χ0v) is 21.7. The molecule has 0 saturated heterocycles. The molecule has 34 heavy (non-hydrogen) atoms. The van der Waals surface area contributed by atoms with E-state index in [0.29, 0.717) is 0 Å². The highest BCUT2D eigenvalue weighted by atomic mass is 32.2. The Morgan fingerprint density at radius 1 is 1.06 bits per heavy atom. The number of nitrogens with zero attached hydrogens (tertiary/aromatic N) is 4. The van der Waals surface area contributed by atoms with Crippen LogP contribution in [0.1, 0.15) is 37.5 Å². The number of benzene rings is 2. The summed E-state index contributed by atoms with van der Waals surface area (Å²) in [6.45, 7) is 12.6. The van der Waals surface area contributed by atoms with Crippen molar-refractivity contribution in [3.63, 3.8) is 0 Å². The van der Waals surface area contributed by atoms with E-state index in [1.54, 1.807) is 19.1 Å². The second kappa shape index (κ2) is 10.2. The first kappa shape index (κ1) is 27.5. The molecule has 0 atom stereocenters. The summed E-state index contributed by atoms with van der Waals surface area (Å²) in [5.41, 5.74) is 8.75. The SMILES string of the molecule is Cc1ccc(S(=O)(=O)O/N=C(\c2ccc(CO[Si](C)(C)C(C)(C)C)cc2)C(F)(F)N=[N+]=[N-])cc1. The van der Waals surface area contributed by atoms with Gasteiger partial charge < -0.3 is 4.43 Å². The molecule has 2 aromatic carbocycles. The average molecular weight is 511 g/mol. The van der Waals surface area contributed by atoms with Crippen LogP contribution in [0.4, 0.5) is 8.78 Å². The molecular weight excluding hydrogens is 482 g/mol. The van der Waals surface area contributed by atoms with Crippen molar-refractivity contribution in [1.29, 1.82) is 0 Å². The fourth-order valence-corrected chi connectivity index (χ4v) is 4.15. The van der Waals surface area contributed by atoms with Crippen LogP contribution < -0.4 is 0 Å². The second-order valence-corrected chi connectivity index (χ2v) is 15.6. The van der Waals surface area contributed by atoms with Gasteiger partial charge in [-0.25, -0.2) is 0 Å². The maximum Gasteiger partial charge on any atom is 0.371 e. The van der Waals surface area contributed by atoms with Gasteiger partial charge in [-0.05, 0) is 53.4 Å². The maximum atomic E-state index is 14.5. The molecule has 12 heteroatoms. The van der Waals surface area contributed by atoms with E-state index in [1.807, 2.05) is 0 Å². The van der Waals surface area contributed by atoms with E-state index >= 15 is 0 Å². The number of rotatable bonds is 9. The lowest BCUT2D eigenvalue weighted by Gasteiger charge is -2.36. The molecule has 0 radical (unpaired) electrons. The maximum absolute atomic E-state index is 14.5. The smallest absolute Gasteiger partial charge is 0.371 e. The molecule has 0 heterocycles. The van der Waals surface area contributed by atoms with Crippen molar-refractivity contribution in [2.75, 3.05) is 0 Å². The Hall–Kier alpha value is -2.79. The Morgan fingerprint density at radius 3 is 2.12 bits per heavy atom.